The van der Waals surface area contributed by atoms with Crippen molar-refractivity contribution in [1.29, 1.82) is 0 Å². The van der Waals surface area contributed by atoms with Crippen molar-refractivity contribution >= 4 is 21.6 Å². The normalized spacial score (nSPS) is 21.2. The summed E-state index contributed by atoms with van der Waals surface area (Å²) < 4.78 is 31.0. The minimum absolute atomic E-state index is 0.209. The van der Waals surface area contributed by atoms with Gasteiger partial charge in [0.1, 0.15) is 0 Å². The summed E-state index contributed by atoms with van der Waals surface area (Å²) in [5, 5.41) is 0. The summed E-state index contributed by atoms with van der Waals surface area (Å²) in [6.45, 7) is 4.47. The minimum atomic E-state index is -3.11. The number of ether oxygens (including phenoxy) is 1. The van der Waals surface area contributed by atoms with Crippen LogP contribution in [0.3, 0.4) is 0 Å². The van der Waals surface area contributed by atoms with Crippen LogP contribution in [0, 0.1) is 5.92 Å². The molecule has 0 amide bonds. The Hall–Kier alpha value is 0.160. The van der Waals surface area contributed by atoms with Crippen LogP contribution in [-0.4, -0.2) is 50.7 Å². The van der Waals surface area contributed by atoms with Crippen LogP contribution in [0.15, 0.2) is 0 Å². The van der Waals surface area contributed by atoms with Crippen molar-refractivity contribution in [3.8, 4) is 0 Å². The van der Waals surface area contributed by atoms with Crippen molar-refractivity contribution in [2.75, 3.05) is 37.9 Å². The van der Waals surface area contributed by atoms with Gasteiger partial charge in [-0.1, -0.05) is 6.92 Å². The second kappa shape index (κ2) is 7.56. The molecule has 1 aliphatic heterocycles. The lowest BCUT2D eigenvalue weighted by Crippen LogP contribution is -2.37. The van der Waals surface area contributed by atoms with Gasteiger partial charge >= 0.3 is 0 Å². The van der Waals surface area contributed by atoms with Crippen molar-refractivity contribution in [3.05, 3.63) is 0 Å². The fourth-order valence-electron chi connectivity index (χ4n) is 1.96. The Bertz CT molecular complexity index is 302. The van der Waals surface area contributed by atoms with Gasteiger partial charge in [0, 0.05) is 25.6 Å². The average Bonchev–Trinajstić information content (AvgIpc) is 2.78. The summed E-state index contributed by atoms with van der Waals surface area (Å²) in [6, 6.07) is 0. The molecule has 17 heavy (non-hydrogen) atoms. The van der Waals surface area contributed by atoms with E-state index in [2.05, 4.69) is 0 Å². The lowest BCUT2D eigenvalue weighted by Gasteiger charge is -2.23. The van der Waals surface area contributed by atoms with Gasteiger partial charge < -0.3 is 4.74 Å². The summed E-state index contributed by atoms with van der Waals surface area (Å²) in [6.07, 6.45) is 2.36. The van der Waals surface area contributed by atoms with Crippen molar-refractivity contribution in [2.45, 2.75) is 26.2 Å². The highest BCUT2D eigenvalue weighted by Crippen LogP contribution is 2.16. The van der Waals surface area contributed by atoms with Gasteiger partial charge in [0.15, 0.2) is 0 Å². The van der Waals surface area contributed by atoms with Crippen LogP contribution in [0.5, 0.6) is 0 Å². The Kier molecular flexibility index (Phi) is 6.77. The van der Waals surface area contributed by atoms with Gasteiger partial charge in [0.05, 0.1) is 12.4 Å². The first-order valence-electron chi connectivity index (χ1n) is 6.21. The highest BCUT2D eigenvalue weighted by Gasteiger charge is 2.25. The molecule has 0 aromatic rings. The van der Waals surface area contributed by atoms with Crippen molar-refractivity contribution in [2.24, 2.45) is 5.92 Å². The molecule has 6 heteroatoms. The number of nitrogens with zero attached hydrogens (tertiary/aromatic N) is 1. The Balaban J connectivity index is 2.46. The molecule has 1 heterocycles. The van der Waals surface area contributed by atoms with Crippen LogP contribution >= 0.6 is 11.6 Å². The molecule has 0 aliphatic carbocycles. The van der Waals surface area contributed by atoms with Crippen LogP contribution in [-0.2, 0) is 14.8 Å². The van der Waals surface area contributed by atoms with E-state index in [0.29, 0.717) is 37.9 Å². The second-order valence-corrected chi connectivity index (χ2v) is 6.86. The third-order valence-corrected chi connectivity index (χ3v) is 5.28. The number of alkyl halides is 1. The number of hydrogen-bond donors (Lipinski definition) is 0. The number of unbranched alkanes of at least 4 members (excludes halogenated alkanes) is 1. The Labute approximate surface area is 109 Å². The SMILES string of the molecule is CCN(CC1CCOC1)S(=O)(=O)CCCCCl. The van der Waals surface area contributed by atoms with E-state index in [0.717, 1.165) is 19.4 Å². The van der Waals surface area contributed by atoms with Crippen LogP contribution in [0.2, 0.25) is 0 Å². The third kappa shape index (κ3) is 5.12. The highest BCUT2D eigenvalue weighted by molar-refractivity contribution is 7.89. The Morgan fingerprint density at radius 3 is 2.71 bits per heavy atom. The van der Waals surface area contributed by atoms with E-state index in [-0.39, 0.29) is 5.75 Å². The molecule has 0 radical (unpaired) electrons. The summed E-state index contributed by atoms with van der Waals surface area (Å²) in [5.41, 5.74) is 0. The first kappa shape index (κ1) is 15.2. The van der Waals surface area contributed by atoms with Gasteiger partial charge in [-0.3, -0.25) is 0 Å². The smallest absolute Gasteiger partial charge is 0.214 e. The fraction of sp³-hybridized carbons (Fsp3) is 1.00. The van der Waals surface area contributed by atoms with Crippen molar-refractivity contribution < 1.29 is 13.2 Å². The standard InChI is InChI=1S/C11H22ClNO3S/c1-2-13(9-11-5-7-16-10-11)17(14,15)8-4-3-6-12/h11H,2-10H2,1H3. The lowest BCUT2D eigenvalue weighted by molar-refractivity contribution is 0.181. The highest BCUT2D eigenvalue weighted by atomic mass is 35.5. The largest absolute Gasteiger partial charge is 0.381 e. The summed E-state index contributed by atoms with van der Waals surface area (Å²) >= 11 is 5.56. The summed E-state index contributed by atoms with van der Waals surface area (Å²) in [5.74, 6) is 1.09. The van der Waals surface area contributed by atoms with Gasteiger partial charge in [0.2, 0.25) is 10.0 Å². The van der Waals surface area contributed by atoms with Crippen molar-refractivity contribution in [1.82, 2.24) is 4.31 Å². The molecular weight excluding hydrogens is 262 g/mol. The zero-order valence-corrected chi connectivity index (χ0v) is 12.0. The average molecular weight is 284 g/mol. The molecule has 0 spiro atoms. The fourth-order valence-corrected chi connectivity index (χ4v) is 3.81. The molecule has 1 rings (SSSR count). The minimum Gasteiger partial charge on any atom is -0.381 e. The van der Waals surface area contributed by atoms with E-state index in [1.54, 1.807) is 4.31 Å². The first-order chi connectivity index (χ1) is 8.10. The number of sulfonamides is 1. The second-order valence-electron chi connectivity index (χ2n) is 4.39. The van der Waals surface area contributed by atoms with E-state index in [1.165, 1.54) is 0 Å². The van der Waals surface area contributed by atoms with E-state index < -0.39 is 10.0 Å². The molecule has 0 bridgehead atoms. The van der Waals surface area contributed by atoms with E-state index in [9.17, 15) is 8.42 Å². The molecule has 1 unspecified atom stereocenters. The molecule has 1 aliphatic rings. The van der Waals surface area contributed by atoms with Crippen LogP contribution < -0.4 is 0 Å². The van der Waals surface area contributed by atoms with Crippen molar-refractivity contribution in [3.63, 3.8) is 0 Å². The molecule has 102 valence electrons. The van der Waals surface area contributed by atoms with Gasteiger partial charge in [-0.25, -0.2) is 12.7 Å². The van der Waals surface area contributed by atoms with E-state index in [1.807, 2.05) is 6.92 Å². The first-order valence-corrected chi connectivity index (χ1v) is 8.36. The maximum atomic E-state index is 12.1. The summed E-state index contributed by atoms with van der Waals surface area (Å²) in [4.78, 5) is 0. The Morgan fingerprint density at radius 1 is 1.41 bits per heavy atom. The predicted molar refractivity (Wildman–Crippen MR) is 69.9 cm³/mol. The van der Waals surface area contributed by atoms with Gasteiger partial charge in [-0.15, -0.1) is 11.6 Å². The summed E-state index contributed by atoms with van der Waals surface area (Å²) in [7, 11) is -3.11. The van der Waals surface area contributed by atoms with Crippen LogP contribution in [0.1, 0.15) is 26.2 Å². The maximum Gasteiger partial charge on any atom is 0.214 e. The monoisotopic (exact) mass is 283 g/mol. The molecule has 0 aromatic carbocycles. The molecule has 0 N–H and O–H groups in total. The van der Waals surface area contributed by atoms with Gasteiger partial charge in [-0.05, 0) is 25.2 Å². The predicted octanol–water partition coefficient (Wildman–Crippen LogP) is 1.69. The van der Waals surface area contributed by atoms with E-state index >= 15 is 0 Å². The van der Waals surface area contributed by atoms with E-state index in [4.69, 9.17) is 16.3 Å². The Morgan fingerprint density at radius 2 is 2.18 bits per heavy atom. The van der Waals surface area contributed by atoms with Crippen LogP contribution in [0.25, 0.3) is 0 Å². The van der Waals surface area contributed by atoms with Gasteiger partial charge in [0.25, 0.3) is 0 Å². The lowest BCUT2D eigenvalue weighted by atomic mass is 10.1. The number of hydrogen-bond acceptors (Lipinski definition) is 3. The zero-order valence-electron chi connectivity index (χ0n) is 10.4. The molecule has 4 nitrogen and oxygen atoms in total. The van der Waals surface area contributed by atoms with Crippen LogP contribution in [0.4, 0.5) is 0 Å². The maximum absolute atomic E-state index is 12.1. The molecule has 0 aromatic heterocycles. The number of rotatable bonds is 8. The molecule has 1 atom stereocenters. The molecular formula is C11H22ClNO3S. The third-order valence-electron chi connectivity index (χ3n) is 3.02. The molecule has 0 saturated carbocycles. The quantitative estimate of drug-likeness (QED) is 0.503. The molecule has 1 saturated heterocycles. The topological polar surface area (TPSA) is 46.6 Å². The molecule has 1 fully saturated rings. The van der Waals surface area contributed by atoms with Gasteiger partial charge in [-0.2, -0.15) is 0 Å². The number of halogens is 1. The zero-order chi connectivity index (χ0) is 12.7.